The first-order chi connectivity index (χ1) is 11.5. The van der Waals surface area contributed by atoms with Crippen LogP contribution >= 0.6 is 11.8 Å². The molecule has 0 radical (unpaired) electrons. The van der Waals surface area contributed by atoms with Crippen LogP contribution in [-0.2, 0) is 0 Å². The van der Waals surface area contributed by atoms with Crippen molar-refractivity contribution in [2.45, 2.75) is 31.2 Å². The van der Waals surface area contributed by atoms with Crippen molar-refractivity contribution in [2.24, 2.45) is 0 Å². The van der Waals surface area contributed by atoms with Gasteiger partial charge >= 0.3 is 0 Å². The molecule has 0 unspecified atom stereocenters. The molecule has 0 N–H and O–H groups in total. The van der Waals surface area contributed by atoms with Crippen molar-refractivity contribution in [1.29, 1.82) is 0 Å². The third-order valence-corrected chi connectivity index (χ3v) is 4.74. The maximum atomic E-state index is 12.6. The number of Topliss-reactive ketones (excluding diaryl/α,β-unsaturated/α-hetero) is 1. The van der Waals surface area contributed by atoms with Crippen LogP contribution in [0.2, 0.25) is 0 Å². The lowest BCUT2D eigenvalue weighted by molar-refractivity contribution is 0.0994. The zero-order chi connectivity index (χ0) is 17.1. The van der Waals surface area contributed by atoms with Crippen molar-refractivity contribution < 1.29 is 4.79 Å². The average Bonchev–Trinajstić information content (AvgIpc) is 3.03. The number of aromatic nitrogens is 4. The van der Waals surface area contributed by atoms with Gasteiger partial charge in [-0.05, 0) is 43.3 Å². The maximum absolute atomic E-state index is 12.6. The molecule has 24 heavy (non-hydrogen) atoms. The Morgan fingerprint density at radius 2 is 1.58 bits per heavy atom. The molecular weight excluding hydrogens is 320 g/mol. The van der Waals surface area contributed by atoms with E-state index < -0.39 is 0 Å². The maximum Gasteiger partial charge on any atom is 0.214 e. The molecule has 3 rings (SSSR count). The first-order valence-corrected chi connectivity index (χ1v) is 8.55. The van der Waals surface area contributed by atoms with E-state index in [0.29, 0.717) is 10.7 Å². The number of nitrogens with zero attached hydrogens (tertiary/aromatic N) is 4. The molecule has 122 valence electrons. The summed E-state index contributed by atoms with van der Waals surface area (Å²) in [6.07, 6.45) is 0. The second kappa shape index (κ2) is 6.97. The fraction of sp³-hybridized carbons (Fsp3) is 0.222. The molecule has 5 nitrogen and oxygen atoms in total. The Morgan fingerprint density at radius 1 is 1.00 bits per heavy atom. The van der Waals surface area contributed by atoms with E-state index in [-0.39, 0.29) is 11.0 Å². The number of thioether (sulfide) groups is 1. The van der Waals surface area contributed by atoms with E-state index in [4.69, 9.17) is 0 Å². The predicted octanol–water partition coefficient (Wildman–Crippen LogP) is 3.64. The summed E-state index contributed by atoms with van der Waals surface area (Å²) < 4.78 is 1.66. The number of rotatable bonds is 5. The van der Waals surface area contributed by atoms with E-state index in [1.165, 1.54) is 17.3 Å². The van der Waals surface area contributed by atoms with E-state index in [1.54, 1.807) is 4.68 Å². The number of benzene rings is 2. The highest BCUT2D eigenvalue weighted by Gasteiger charge is 2.20. The molecule has 0 aliphatic heterocycles. The van der Waals surface area contributed by atoms with Crippen molar-refractivity contribution in [3.05, 3.63) is 65.2 Å². The normalized spacial score (nSPS) is 12.1. The fourth-order valence-electron chi connectivity index (χ4n) is 2.26. The summed E-state index contributed by atoms with van der Waals surface area (Å²) in [5, 5.41) is 12.2. The minimum absolute atomic E-state index is 0.0680. The van der Waals surface area contributed by atoms with Gasteiger partial charge in [0.1, 0.15) is 0 Å². The summed E-state index contributed by atoms with van der Waals surface area (Å²) in [6.45, 7) is 5.91. The summed E-state index contributed by atoms with van der Waals surface area (Å²) in [6, 6.07) is 15.5. The van der Waals surface area contributed by atoms with E-state index in [1.807, 2.05) is 69.3 Å². The highest BCUT2D eigenvalue weighted by molar-refractivity contribution is 8.00. The van der Waals surface area contributed by atoms with Crippen molar-refractivity contribution in [2.75, 3.05) is 0 Å². The molecule has 1 aromatic heterocycles. The summed E-state index contributed by atoms with van der Waals surface area (Å²) in [5.74, 6) is 0.0680. The number of ketones is 1. The van der Waals surface area contributed by atoms with Crippen LogP contribution in [0.5, 0.6) is 0 Å². The van der Waals surface area contributed by atoms with Crippen LogP contribution < -0.4 is 0 Å². The van der Waals surface area contributed by atoms with Crippen molar-refractivity contribution in [1.82, 2.24) is 20.2 Å². The lowest BCUT2D eigenvalue weighted by Gasteiger charge is -2.10. The van der Waals surface area contributed by atoms with Crippen molar-refractivity contribution >= 4 is 17.5 Å². The van der Waals surface area contributed by atoms with Crippen molar-refractivity contribution in [3.8, 4) is 5.69 Å². The van der Waals surface area contributed by atoms with Gasteiger partial charge in [0.25, 0.3) is 0 Å². The molecule has 0 aliphatic rings. The summed E-state index contributed by atoms with van der Waals surface area (Å²) in [7, 11) is 0. The molecule has 0 spiro atoms. The summed E-state index contributed by atoms with van der Waals surface area (Å²) in [5.41, 5.74) is 3.89. The monoisotopic (exact) mass is 338 g/mol. The summed E-state index contributed by atoms with van der Waals surface area (Å²) in [4.78, 5) is 12.6. The van der Waals surface area contributed by atoms with Crippen LogP contribution in [0.25, 0.3) is 5.69 Å². The van der Waals surface area contributed by atoms with Crippen LogP contribution in [0.4, 0.5) is 0 Å². The minimum atomic E-state index is -0.275. The molecule has 6 heteroatoms. The van der Waals surface area contributed by atoms with Gasteiger partial charge in [-0.15, -0.1) is 5.10 Å². The Balaban J connectivity index is 1.79. The van der Waals surface area contributed by atoms with E-state index >= 15 is 0 Å². The van der Waals surface area contributed by atoms with Crippen molar-refractivity contribution in [3.63, 3.8) is 0 Å². The molecule has 1 heterocycles. The van der Waals surface area contributed by atoms with Gasteiger partial charge in [-0.3, -0.25) is 4.79 Å². The van der Waals surface area contributed by atoms with Gasteiger partial charge in [0.15, 0.2) is 5.78 Å². The van der Waals surface area contributed by atoms with Gasteiger partial charge in [0.05, 0.1) is 10.9 Å². The highest BCUT2D eigenvalue weighted by atomic mass is 32.2. The predicted molar refractivity (Wildman–Crippen MR) is 94.7 cm³/mol. The van der Waals surface area contributed by atoms with Gasteiger partial charge in [-0.2, -0.15) is 4.68 Å². The number of aryl methyl sites for hydroxylation is 2. The number of carbonyl (C=O) groups excluding carboxylic acids is 1. The van der Waals surface area contributed by atoms with Gasteiger partial charge < -0.3 is 0 Å². The minimum Gasteiger partial charge on any atom is -0.293 e. The second-order valence-corrected chi connectivity index (χ2v) is 7.01. The molecule has 0 amide bonds. The Hall–Kier alpha value is -2.47. The van der Waals surface area contributed by atoms with Crippen LogP contribution in [0.3, 0.4) is 0 Å². The zero-order valence-electron chi connectivity index (χ0n) is 13.8. The van der Waals surface area contributed by atoms with Crippen LogP contribution in [-0.4, -0.2) is 31.2 Å². The zero-order valence-corrected chi connectivity index (χ0v) is 14.6. The van der Waals surface area contributed by atoms with Crippen LogP contribution in [0, 0.1) is 13.8 Å². The van der Waals surface area contributed by atoms with Gasteiger partial charge in [0, 0.05) is 5.56 Å². The van der Waals surface area contributed by atoms with Crippen LogP contribution in [0.15, 0.2) is 53.7 Å². The molecule has 0 bridgehead atoms. The smallest absolute Gasteiger partial charge is 0.214 e. The SMILES string of the molecule is Cc1ccc(C(=O)[C@@H](C)Sc2nnnn2-c2ccc(C)cc2)cc1. The lowest BCUT2D eigenvalue weighted by Crippen LogP contribution is -2.14. The number of carbonyl (C=O) groups is 1. The molecular formula is C18H18N4OS. The highest BCUT2D eigenvalue weighted by Crippen LogP contribution is 2.25. The standard InChI is InChI=1S/C18H18N4OS/c1-12-4-8-15(9-5-12)17(23)14(3)24-18-19-20-21-22(18)16-10-6-13(2)7-11-16/h4-11,14H,1-3H3/t14-/m1/s1. The third kappa shape index (κ3) is 3.54. The lowest BCUT2D eigenvalue weighted by atomic mass is 10.1. The third-order valence-electron chi connectivity index (χ3n) is 3.71. The summed E-state index contributed by atoms with van der Waals surface area (Å²) >= 11 is 1.36. The molecule has 1 atom stereocenters. The number of hydrogen-bond acceptors (Lipinski definition) is 5. The second-order valence-electron chi connectivity index (χ2n) is 5.70. The molecule has 2 aromatic carbocycles. The van der Waals surface area contributed by atoms with Crippen LogP contribution in [0.1, 0.15) is 28.4 Å². The molecule has 3 aromatic rings. The van der Waals surface area contributed by atoms with Gasteiger partial charge in [-0.25, -0.2) is 0 Å². The first kappa shape index (κ1) is 16.4. The van der Waals surface area contributed by atoms with Gasteiger partial charge in [-0.1, -0.05) is 59.3 Å². The molecule has 0 saturated carbocycles. The Bertz CT molecular complexity index is 840. The molecule has 0 aliphatic carbocycles. The van der Waals surface area contributed by atoms with Gasteiger partial charge in [0.2, 0.25) is 5.16 Å². The fourth-order valence-corrected chi connectivity index (χ4v) is 3.15. The largest absolute Gasteiger partial charge is 0.293 e. The number of hydrogen-bond donors (Lipinski definition) is 0. The average molecular weight is 338 g/mol. The quantitative estimate of drug-likeness (QED) is 0.525. The topological polar surface area (TPSA) is 60.7 Å². The van der Waals surface area contributed by atoms with E-state index in [2.05, 4.69) is 15.5 Å². The molecule has 0 saturated heterocycles. The molecule has 0 fully saturated rings. The number of tetrazole rings is 1. The first-order valence-electron chi connectivity index (χ1n) is 7.67. The Kier molecular flexibility index (Phi) is 4.76. The Morgan fingerprint density at radius 3 is 2.21 bits per heavy atom. The van der Waals surface area contributed by atoms with E-state index in [0.717, 1.165) is 11.3 Å². The van der Waals surface area contributed by atoms with E-state index in [9.17, 15) is 4.79 Å². The Labute approximate surface area is 145 Å².